The lowest BCUT2D eigenvalue weighted by atomic mass is 10.1. The minimum atomic E-state index is -1.45. The van der Waals surface area contributed by atoms with Gasteiger partial charge in [0.2, 0.25) is 0 Å². The van der Waals surface area contributed by atoms with Crippen molar-refractivity contribution >= 4 is 39.4 Å². The number of nitrogens with one attached hydrogen (secondary N) is 2. The molecule has 1 atom stereocenters. The van der Waals surface area contributed by atoms with Gasteiger partial charge in [-0.15, -0.1) is 6.58 Å². The van der Waals surface area contributed by atoms with Crippen LogP contribution in [0.25, 0.3) is 10.8 Å². The number of nitrogens with zero attached hydrogens (tertiary/aromatic N) is 1. The van der Waals surface area contributed by atoms with E-state index in [4.69, 9.17) is 4.74 Å². The fourth-order valence-corrected chi connectivity index (χ4v) is 4.98. The predicted molar refractivity (Wildman–Crippen MR) is 153 cm³/mol. The second-order valence-corrected chi connectivity index (χ2v) is 10.9. The fraction of sp³-hybridized carbons (Fsp3) is 0.379. The normalized spacial score (nSPS) is 15.0. The number of carbonyl (C=O) groups excluding carboxylic acids is 2. The Morgan fingerprint density at radius 1 is 1.08 bits per heavy atom. The first-order valence-corrected chi connectivity index (χ1v) is 13.5. The maximum absolute atomic E-state index is 13.2. The Kier molecular flexibility index (Phi) is 11.3. The highest BCUT2D eigenvalue weighted by atomic mass is 32.2. The van der Waals surface area contributed by atoms with E-state index < -0.39 is 16.6 Å². The molecule has 0 aliphatic carbocycles. The van der Waals surface area contributed by atoms with Crippen LogP contribution in [0, 0.1) is 0 Å². The summed E-state index contributed by atoms with van der Waals surface area (Å²) in [4.78, 5) is 27.0. The van der Waals surface area contributed by atoms with Gasteiger partial charge in [0.1, 0.15) is 16.6 Å². The van der Waals surface area contributed by atoms with Crippen molar-refractivity contribution in [2.24, 2.45) is 0 Å². The Morgan fingerprint density at radius 3 is 2.24 bits per heavy atom. The van der Waals surface area contributed by atoms with Crippen molar-refractivity contribution in [3.8, 4) is 0 Å². The number of fused-ring (bicyclic) bond motifs is 1. The van der Waals surface area contributed by atoms with E-state index in [1.165, 1.54) is 0 Å². The topological polar surface area (TPSA) is 87.7 Å². The second-order valence-electron chi connectivity index (χ2n) is 9.67. The maximum atomic E-state index is 13.2. The van der Waals surface area contributed by atoms with Gasteiger partial charge in [0, 0.05) is 41.2 Å². The number of ether oxygens (including phenoxy) is 1. The van der Waals surface area contributed by atoms with Crippen LogP contribution >= 0.6 is 0 Å². The highest BCUT2D eigenvalue weighted by Gasteiger charge is 2.28. The zero-order valence-electron chi connectivity index (χ0n) is 22.5. The summed E-state index contributed by atoms with van der Waals surface area (Å²) in [5.74, 6) is -0.285. The number of carbonyl (C=O) groups is 2. The van der Waals surface area contributed by atoms with E-state index >= 15 is 0 Å². The van der Waals surface area contributed by atoms with Gasteiger partial charge in [0.25, 0.3) is 5.91 Å². The number of benzene rings is 2. The zero-order chi connectivity index (χ0) is 27.6. The minimum absolute atomic E-state index is 0.0156. The van der Waals surface area contributed by atoms with Crippen molar-refractivity contribution in [1.82, 2.24) is 9.62 Å². The number of rotatable bonds is 6. The third-order valence-electron chi connectivity index (χ3n) is 5.41. The fourth-order valence-electron chi connectivity index (χ4n) is 3.74. The molecule has 1 heterocycles. The second kappa shape index (κ2) is 13.9. The van der Waals surface area contributed by atoms with Gasteiger partial charge >= 0.3 is 6.09 Å². The number of amides is 2. The van der Waals surface area contributed by atoms with E-state index in [0.29, 0.717) is 42.1 Å². The van der Waals surface area contributed by atoms with E-state index in [-0.39, 0.29) is 18.0 Å². The van der Waals surface area contributed by atoms with E-state index in [9.17, 15) is 13.8 Å². The molecule has 1 unspecified atom stereocenters. The molecule has 37 heavy (non-hydrogen) atoms. The SMILES string of the molecule is C=C(/C=C\C)C(=O)Nc1ccc(S(=O)NC2CCN(C(=O)OC(C)(C)C)CC2)c2ccccc12.C=CC. The molecular weight excluding hydrogens is 486 g/mol. The lowest BCUT2D eigenvalue weighted by molar-refractivity contribution is -0.112. The van der Waals surface area contributed by atoms with E-state index in [2.05, 4.69) is 23.2 Å². The molecule has 2 amide bonds. The van der Waals surface area contributed by atoms with Crippen molar-refractivity contribution in [2.45, 2.75) is 64.0 Å². The number of hydrogen-bond acceptors (Lipinski definition) is 4. The van der Waals surface area contributed by atoms with Gasteiger partial charge in [-0.3, -0.25) is 4.79 Å². The lowest BCUT2D eigenvalue weighted by Gasteiger charge is -2.33. The minimum Gasteiger partial charge on any atom is -0.444 e. The zero-order valence-corrected chi connectivity index (χ0v) is 23.3. The molecule has 0 saturated carbocycles. The van der Waals surface area contributed by atoms with Crippen molar-refractivity contribution in [1.29, 1.82) is 0 Å². The van der Waals surface area contributed by atoms with Gasteiger partial charge < -0.3 is 15.0 Å². The predicted octanol–water partition coefficient (Wildman–Crippen LogP) is 6.11. The first-order valence-electron chi connectivity index (χ1n) is 12.4. The molecule has 1 aliphatic rings. The van der Waals surface area contributed by atoms with Crippen LogP contribution in [0.2, 0.25) is 0 Å². The van der Waals surface area contributed by atoms with Crippen LogP contribution in [-0.2, 0) is 20.5 Å². The van der Waals surface area contributed by atoms with Crippen LogP contribution in [0.1, 0.15) is 47.5 Å². The Bertz CT molecular complexity index is 1180. The molecule has 0 aromatic heterocycles. The Morgan fingerprint density at radius 2 is 1.68 bits per heavy atom. The molecule has 0 bridgehead atoms. The average Bonchev–Trinajstić information content (AvgIpc) is 2.84. The van der Waals surface area contributed by atoms with Gasteiger partial charge in [-0.05, 0) is 59.6 Å². The maximum Gasteiger partial charge on any atom is 0.410 e. The molecule has 2 aromatic carbocycles. The smallest absolute Gasteiger partial charge is 0.410 e. The van der Waals surface area contributed by atoms with Crippen molar-refractivity contribution in [3.05, 3.63) is 73.4 Å². The number of hydrogen-bond donors (Lipinski definition) is 2. The molecule has 1 saturated heterocycles. The van der Waals surface area contributed by atoms with Crippen LogP contribution in [0.15, 0.2) is 78.3 Å². The third kappa shape index (κ3) is 8.98. The van der Waals surface area contributed by atoms with E-state index in [0.717, 1.165) is 10.8 Å². The summed E-state index contributed by atoms with van der Waals surface area (Å²) in [6, 6.07) is 11.1. The Balaban J connectivity index is 0.00000153. The summed E-state index contributed by atoms with van der Waals surface area (Å²) in [5.41, 5.74) is 0.469. The molecule has 0 spiro atoms. The monoisotopic (exact) mass is 525 g/mol. The first-order chi connectivity index (χ1) is 17.5. The molecule has 1 aliphatic heterocycles. The first kappa shape index (κ1) is 30.0. The summed E-state index contributed by atoms with van der Waals surface area (Å²) in [6.07, 6.45) is 6.22. The largest absolute Gasteiger partial charge is 0.444 e. The molecular formula is C29H39N3O4S. The number of anilines is 1. The Hall–Kier alpha value is -3.23. The van der Waals surface area contributed by atoms with Crippen LogP contribution < -0.4 is 10.0 Å². The van der Waals surface area contributed by atoms with E-state index in [1.807, 2.05) is 58.9 Å². The summed E-state index contributed by atoms with van der Waals surface area (Å²) in [6.45, 7) is 17.5. The molecule has 0 radical (unpaired) electrons. The van der Waals surface area contributed by atoms with Gasteiger partial charge in [-0.25, -0.2) is 13.7 Å². The van der Waals surface area contributed by atoms with Crippen LogP contribution in [0.3, 0.4) is 0 Å². The number of allylic oxidation sites excluding steroid dienone is 2. The Labute approximate surface area is 223 Å². The highest BCUT2D eigenvalue weighted by Crippen LogP contribution is 2.29. The third-order valence-corrected chi connectivity index (χ3v) is 6.71. The summed E-state index contributed by atoms with van der Waals surface area (Å²) in [7, 11) is -1.45. The quantitative estimate of drug-likeness (QED) is 0.270. The van der Waals surface area contributed by atoms with Crippen LogP contribution in [-0.4, -0.2) is 45.8 Å². The summed E-state index contributed by atoms with van der Waals surface area (Å²) in [5, 5.41) is 4.49. The highest BCUT2D eigenvalue weighted by molar-refractivity contribution is 7.83. The van der Waals surface area contributed by atoms with Crippen molar-refractivity contribution in [3.63, 3.8) is 0 Å². The van der Waals surface area contributed by atoms with Crippen LogP contribution in [0.4, 0.5) is 10.5 Å². The van der Waals surface area contributed by atoms with E-state index in [1.54, 1.807) is 35.3 Å². The lowest BCUT2D eigenvalue weighted by Crippen LogP contribution is -2.46. The number of likely N-dealkylation sites (tertiary alicyclic amines) is 1. The van der Waals surface area contributed by atoms with Gasteiger partial charge in [0.15, 0.2) is 0 Å². The molecule has 2 N–H and O–H groups in total. The summed E-state index contributed by atoms with van der Waals surface area (Å²) >= 11 is 0. The van der Waals surface area contributed by atoms with Gasteiger partial charge in [-0.1, -0.05) is 49.1 Å². The molecule has 8 heteroatoms. The molecule has 1 fully saturated rings. The van der Waals surface area contributed by atoms with Crippen molar-refractivity contribution in [2.75, 3.05) is 18.4 Å². The standard InChI is InChI=1S/C26H33N3O4S.C3H6/c1-6-9-18(2)24(30)27-22-12-13-23(21-11-8-7-10-20(21)22)34(32)28-19-14-16-29(17-15-19)25(31)33-26(3,4)5;1-3-2/h6-13,19,28H,2,14-17H2,1,3-5H3,(H,27,30);3H,1H2,2H3/b9-6-;. The van der Waals surface area contributed by atoms with Gasteiger partial charge in [-0.2, -0.15) is 0 Å². The molecule has 2 aromatic rings. The van der Waals surface area contributed by atoms with Crippen molar-refractivity contribution < 1.29 is 18.5 Å². The average molecular weight is 526 g/mol. The molecule has 200 valence electrons. The summed E-state index contributed by atoms with van der Waals surface area (Å²) < 4.78 is 21.9. The van der Waals surface area contributed by atoms with Gasteiger partial charge in [0.05, 0.1) is 4.90 Å². The number of piperidine rings is 1. The molecule has 7 nitrogen and oxygen atoms in total. The molecule has 3 rings (SSSR count). The van der Waals surface area contributed by atoms with Crippen LogP contribution in [0.5, 0.6) is 0 Å².